The summed E-state index contributed by atoms with van der Waals surface area (Å²) >= 11 is 5.73. The number of para-hydroxylation sites is 2. The van der Waals surface area contributed by atoms with Gasteiger partial charge in [-0.25, -0.2) is 0 Å². The number of nitrogens with zero attached hydrogens (tertiary/aromatic N) is 1. The fourth-order valence-corrected chi connectivity index (χ4v) is 1.82. The minimum Gasteiger partial charge on any atom is -0.506 e. The first-order chi connectivity index (χ1) is 9.49. The topological polar surface area (TPSA) is 92.5 Å². The number of rotatable bonds is 3. The van der Waals surface area contributed by atoms with Crippen molar-refractivity contribution in [1.29, 1.82) is 0 Å². The Morgan fingerprint density at radius 1 is 1.25 bits per heavy atom. The zero-order valence-electron chi connectivity index (χ0n) is 10.0. The Morgan fingerprint density at radius 3 is 2.55 bits per heavy atom. The lowest BCUT2D eigenvalue weighted by Crippen LogP contribution is -2.12. The molecule has 1 amide bonds. The van der Waals surface area contributed by atoms with Gasteiger partial charge in [0.25, 0.3) is 11.6 Å². The number of aromatic hydroxyl groups is 1. The van der Waals surface area contributed by atoms with Crippen LogP contribution >= 0.6 is 11.6 Å². The average Bonchev–Trinajstić information content (AvgIpc) is 2.40. The molecule has 102 valence electrons. The number of nitro groups is 1. The lowest BCUT2D eigenvalue weighted by molar-refractivity contribution is -0.384. The fraction of sp³-hybridized carbons (Fsp3) is 0. The summed E-state index contributed by atoms with van der Waals surface area (Å²) in [5.41, 5.74) is 0.126. The van der Waals surface area contributed by atoms with Gasteiger partial charge >= 0.3 is 0 Å². The summed E-state index contributed by atoms with van der Waals surface area (Å²) in [6, 6.07) is 9.88. The summed E-state index contributed by atoms with van der Waals surface area (Å²) in [4.78, 5) is 21.9. The van der Waals surface area contributed by atoms with Gasteiger partial charge < -0.3 is 10.4 Å². The van der Waals surface area contributed by atoms with E-state index in [4.69, 9.17) is 11.6 Å². The Morgan fingerprint density at radius 2 is 1.95 bits per heavy atom. The van der Waals surface area contributed by atoms with Gasteiger partial charge in [0.1, 0.15) is 10.8 Å². The highest BCUT2D eigenvalue weighted by Crippen LogP contribution is 2.26. The van der Waals surface area contributed by atoms with Gasteiger partial charge in [0.2, 0.25) is 0 Å². The number of phenolic OH excluding ortho intramolecular Hbond substituents is 1. The van der Waals surface area contributed by atoms with E-state index in [1.807, 2.05) is 0 Å². The normalized spacial score (nSPS) is 10.1. The molecule has 0 aromatic heterocycles. The van der Waals surface area contributed by atoms with Crippen molar-refractivity contribution >= 4 is 28.9 Å². The molecule has 0 aliphatic rings. The zero-order chi connectivity index (χ0) is 14.7. The molecule has 7 heteroatoms. The number of hydrogen-bond acceptors (Lipinski definition) is 4. The van der Waals surface area contributed by atoms with Crippen LogP contribution in [0.25, 0.3) is 0 Å². The highest BCUT2D eigenvalue weighted by atomic mass is 35.5. The fourth-order valence-electron chi connectivity index (χ4n) is 1.57. The molecule has 0 heterocycles. The highest BCUT2D eigenvalue weighted by molar-refractivity contribution is 6.33. The summed E-state index contributed by atoms with van der Waals surface area (Å²) < 4.78 is 0. The van der Waals surface area contributed by atoms with E-state index in [1.54, 1.807) is 12.1 Å². The van der Waals surface area contributed by atoms with Gasteiger partial charge in [0.15, 0.2) is 0 Å². The summed E-state index contributed by atoms with van der Waals surface area (Å²) in [5, 5.41) is 22.5. The molecule has 0 bridgehead atoms. The molecule has 0 spiro atoms. The molecule has 2 aromatic carbocycles. The van der Waals surface area contributed by atoms with E-state index in [2.05, 4.69) is 5.32 Å². The second-order valence-corrected chi connectivity index (χ2v) is 4.30. The van der Waals surface area contributed by atoms with Gasteiger partial charge in [-0.3, -0.25) is 14.9 Å². The molecular formula is C13H9ClN2O4. The molecule has 6 nitrogen and oxygen atoms in total. The molecule has 20 heavy (non-hydrogen) atoms. The predicted molar refractivity (Wildman–Crippen MR) is 74.2 cm³/mol. The maximum Gasteiger partial charge on any atom is 0.287 e. The molecular weight excluding hydrogens is 284 g/mol. The first kappa shape index (κ1) is 13.8. The number of nitro benzene ring substituents is 1. The van der Waals surface area contributed by atoms with Gasteiger partial charge in [-0.1, -0.05) is 23.7 Å². The van der Waals surface area contributed by atoms with Crippen LogP contribution < -0.4 is 5.32 Å². The number of hydrogen-bond donors (Lipinski definition) is 2. The van der Waals surface area contributed by atoms with Crippen molar-refractivity contribution in [3.05, 3.63) is 63.2 Å². The molecule has 0 saturated carbocycles. The molecule has 0 fully saturated rings. The molecule has 0 aliphatic heterocycles. The average molecular weight is 293 g/mol. The van der Waals surface area contributed by atoms with Crippen LogP contribution in [-0.4, -0.2) is 15.9 Å². The van der Waals surface area contributed by atoms with E-state index in [9.17, 15) is 20.0 Å². The number of carbonyl (C=O) groups is 1. The van der Waals surface area contributed by atoms with Crippen LogP contribution in [0.2, 0.25) is 5.02 Å². The lowest BCUT2D eigenvalue weighted by Gasteiger charge is -2.07. The first-order valence-corrected chi connectivity index (χ1v) is 5.90. The lowest BCUT2D eigenvalue weighted by atomic mass is 10.2. The van der Waals surface area contributed by atoms with Crippen molar-refractivity contribution in [2.75, 3.05) is 5.32 Å². The van der Waals surface area contributed by atoms with Gasteiger partial charge in [-0.05, 0) is 24.3 Å². The van der Waals surface area contributed by atoms with Crippen LogP contribution in [0.1, 0.15) is 10.4 Å². The molecule has 2 N–H and O–H groups in total. The number of carbonyl (C=O) groups excluding carboxylic acids is 1. The Kier molecular flexibility index (Phi) is 3.86. The highest BCUT2D eigenvalue weighted by Gasteiger charge is 2.15. The van der Waals surface area contributed by atoms with Crippen LogP contribution in [0.4, 0.5) is 11.4 Å². The Hall–Kier alpha value is -2.60. The second kappa shape index (κ2) is 5.58. The summed E-state index contributed by atoms with van der Waals surface area (Å²) in [7, 11) is 0. The van der Waals surface area contributed by atoms with Crippen molar-refractivity contribution in [3.8, 4) is 5.75 Å². The smallest absolute Gasteiger partial charge is 0.287 e. The number of anilines is 1. The van der Waals surface area contributed by atoms with Crippen LogP contribution in [0.15, 0.2) is 42.5 Å². The van der Waals surface area contributed by atoms with Crippen molar-refractivity contribution in [1.82, 2.24) is 0 Å². The quantitative estimate of drug-likeness (QED) is 0.516. The van der Waals surface area contributed by atoms with Gasteiger partial charge in [-0.2, -0.15) is 0 Å². The van der Waals surface area contributed by atoms with Crippen molar-refractivity contribution < 1.29 is 14.8 Å². The number of nitrogens with one attached hydrogen (secondary N) is 1. The summed E-state index contributed by atoms with van der Waals surface area (Å²) in [5.74, 6) is -0.600. The Labute approximate surface area is 118 Å². The Bertz CT molecular complexity index is 688. The molecule has 0 unspecified atom stereocenters. The largest absolute Gasteiger partial charge is 0.506 e. The summed E-state index contributed by atoms with van der Waals surface area (Å²) in [6.45, 7) is 0. The maximum atomic E-state index is 11.9. The molecule has 0 aliphatic carbocycles. The molecule has 0 atom stereocenters. The SMILES string of the molecule is O=C(Nc1ccccc1O)c1ccc([N+](=O)[O-])c(Cl)c1. The second-order valence-electron chi connectivity index (χ2n) is 3.89. The molecule has 2 aromatic rings. The molecule has 0 radical (unpaired) electrons. The van der Waals surface area contributed by atoms with Gasteiger partial charge in [0.05, 0.1) is 10.6 Å². The van der Waals surface area contributed by atoms with E-state index in [0.29, 0.717) is 0 Å². The van der Waals surface area contributed by atoms with E-state index < -0.39 is 10.8 Å². The van der Waals surface area contributed by atoms with Crippen LogP contribution in [0, 0.1) is 10.1 Å². The molecule has 2 rings (SSSR count). The van der Waals surface area contributed by atoms with E-state index in [-0.39, 0.29) is 27.7 Å². The number of halogens is 1. The van der Waals surface area contributed by atoms with E-state index in [0.717, 1.165) is 6.07 Å². The molecule has 0 saturated heterocycles. The number of benzene rings is 2. The van der Waals surface area contributed by atoms with Gasteiger partial charge in [0, 0.05) is 11.6 Å². The standard InChI is InChI=1S/C13H9ClN2O4/c14-9-7-8(5-6-11(9)16(19)20)13(18)15-10-3-1-2-4-12(10)17/h1-7,17H,(H,15,18). The minimum atomic E-state index is -0.632. The van der Waals surface area contributed by atoms with E-state index in [1.165, 1.54) is 24.3 Å². The zero-order valence-corrected chi connectivity index (χ0v) is 10.8. The third kappa shape index (κ3) is 2.86. The third-order valence-electron chi connectivity index (χ3n) is 2.56. The van der Waals surface area contributed by atoms with Crippen molar-refractivity contribution in [2.24, 2.45) is 0 Å². The monoisotopic (exact) mass is 292 g/mol. The first-order valence-electron chi connectivity index (χ1n) is 5.52. The summed E-state index contributed by atoms with van der Waals surface area (Å²) in [6.07, 6.45) is 0. The minimum absolute atomic E-state index is 0.0751. The maximum absolute atomic E-state index is 11.9. The van der Waals surface area contributed by atoms with Crippen LogP contribution in [-0.2, 0) is 0 Å². The van der Waals surface area contributed by atoms with Crippen molar-refractivity contribution in [3.63, 3.8) is 0 Å². The van der Waals surface area contributed by atoms with Crippen LogP contribution in [0.3, 0.4) is 0 Å². The number of phenols is 1. The Balaban J connectivity index is 2.24. The van der Waals surface area contributed by atoms with Crippen LogP contribution in [0.5, 0.6) is 5.75 Å². The third-order valence-corrected chi connectivity index (χ3v) is 2.86. The van der Waals surface area contributed by atoms with E-state index >= 15 is 0 Å². The van der Waals surface area contributed by atoms with Crippen molar-refractivity contribution in [2.45, 2.75) is 0 Å². The predicted octanol–water partition coefficient (Wildman–Crippen LogP) is 3.21. The number of amides is 1. The van der Waals surface area contributed by atoms with Gasteiger partial charge in [-0.15, -0.1) is 0 Å².